The Balaban J connectivity index is 1.92. The van der Waals surface area contributed by atoms with Crippen molar-refractivity contribution in [2.24, 2.45) is 5.92 Å². The smallest absolute Gasteiger partial charge is 0.259 e. The van der Waals surface area contributed by atoms with Crippen LogP contribution < -0.4 is 5.56 Å². The van der Waals surface area contributed by atoms with E-state index < -0.39 is 0 Å². The van der Waals surface area contributed by atoms with Crippen molar-refractivity contribution in [3.05, 3.63) is 46.2 Å². The van der Waals surface area contributed by atoms with E-state index in [1.165, 1.54) is 6.42 Å². The molecule has 1 aliphatic heterocycles. The zero-order chi connectivity index (χ0) is 17.8. The Kier molecular flexibility index (Phi) is 5.15. The third-order valence-corrected chi connectivity index (χ3v) is 4.80. The molecule has 6 nitrogen and oxygen atoms in total. The van der Waals surface area contributed by atoms with E-state index in [-0.39, 0.29) is 22.7 Å². The van der Waals surface area contributed by atoms with Gasteiger partial charge in [0, 0.05) is 6.54 Å². The molecule has 1 aromatic heterocycles. The second-order valence-corrected chi connectivity index (χ2v) is 6.52. The van der Waals surface area contributed by atoms with Crippen LogP contribution in [-0.2, 0) is 0 Å². The number of aromatic amines is 1. The molecule has 3 rings (SSSR count). The van der Waals surface area contributed by atoms with Gasteiger partial charge in [-0.15, -0.1) is 0 Å². The summed E-state index contributed by atoms with van der Waals surface area (Å²) in [7, 11) is 0. The van der Waals surface area contributed by atoms with Gasteiger partial charge in [-0.3, -0.25) is 9.69 Å². The number of likely N-dealkylation sites (tertiary alicyclic amines) is 1. The number of aliphatic hydroxyl groups excluding tert-OH is 1. The summed E-state index contributed by atoms with van der Waals surface area (Å²) < 4.78 is 0. The molecule has 2 heterocycles. The predicted octanol–water partition coefficient (Wildman–Crippen LogP) is 2.84. The first-order chi connectivity index (χ1) is 12.1. The number of hydrogen-bond donors (Lipinski definition) is 2. The number of allylic oxidation sites excluding steroid dienone is 1. The lowest BCUT2D eigenvalue weighted by Gasteiger charge is -2.31. The lowest BCUT2D eigenvalue weighted by Crippen LogP contribution is -2.36. The number of fused-ring (bicyclic) bond motifs is 1. The second kappa shape index (κ2) is 7.49. The molecule has 1 aliphatic rings. The zero-order valence-electron chi connectivity index (χ0n) is 14.3. The third kappa shape index (κ3) is 3.72. The SMILES string of the molecule is CCC1CCCN(CC(O)=C(C#N)c2nc3ccccc3c(=O)[nH]2)C1. The fourth-order valence-corrected chi connectivity index (χ4v) is 3.38. The summed E-state index contributed by atoms with van der Waals surface area (Å²) in [6, 6.07) is 8.94. The molecule has 2 aromatic rings. The summed E-state index contributed by atoms with van der Waals surface area (Å²) in [5.74, 6) is 0.705. The van der Waals surface area contributed by atoms with Crippen LogP contribution in [0.3, 0.4) is 0 Å². The van der Waals surface area contributed by atoms with Gasteiger partial charge in [0.05, 0.1) is 17.4 Å². The standard InChI is InChI=1S/C19H22N4O2/c1-2-13-6-5-9-23(11-13)12-17(24)15(10-20)18-21-16-8-4-3-7-14(16)19(25)22-18/h3-4,7-8,13,24H,2,5-6,9,11-12H2,1H3,(H,21,22,25). The largest absolute Gasteiger partial charge is 0.509 e. The number of nitrogens with zero attached hydrogens (tertiary/aromatic N) is 3. The van der Waals surface area contributed by atoms with Gasteiger partial charge in [-0.2, -0.15) is 5.26 Å². The molecule has 1 atom stereocenters. The first kappa shape index (κ1) is 17.2. The normalized spacial score (nSPS) is 19.4. The highest BCUT2D eigenvalue weighted by Crippen LogP contribution is 2.21. The maximum Gasteiger partial charge on any atom is 0.259 e. The molecular formula is C19H22N4O2. The minimum atomic E-state index is -0.315. The van der Waals surface area contributed by atoms with Crippen LogP contribution in [0.1, 0.15) is 32.0 Å². The Morgan fingerprint density at radius 1 is 1.48 bits per heavy atom. The van der Waals surface area contributed by atoms with Crippen LogP contribution in [0.5, 0.6) is 0 Å². The van der Waals surface area contributed by atoms with Crippen LogP contribution >= 0.6 is 0 Å². The first-order valence-electron chi connectivity index (χ1n) is 8.66. The van der Waals surface area contributed by atoms with Crippen molar-refractivity contribution < 1.29 is 5.11 Å². The molecule has 0 bridgehead atoms. The third-order valence-electron chi connectivity index (χ3n) is 4.80. The molecule has 0 saturated carbocycles. The fourth-order valence-electron chi connectivity index (χ4n) is 3.38. The summed E-state index contributed by atoms with van der Waals surface area (Å²) in [6.45, 7) is 4.30. The lowest BCUT2D eigenvalue weighted by molar-refractivity contribution is 0.166. The van der Waals surface area contributed by atoms with E-state index >= 15 is 0 Å². The average Bonchev–Trinajstić information content (AvgIpc) is 2.62. The number of aromatic nitrogens is 2. The van der Waals surface area contributed by atoms with E-state index in [1.807, 2.05) is 6.07 Å². The van der Waals surface area contributed by atoms with Gasteiger partial charge in [-0.05, 0) is 37.4 Å². The van der Waals surface area contributed by atoms with Gasteiger partial charge in [0.15, 0.2) is 5.82 Å². The van der Waals surface area contributed by atoms with Crippen molar-refractivity contribution in [2.75, 3.05) is 19.6 Å². The van der Waals surface area contributed by atoms with Crippen LogP contribution in [-0.4, -0.2) is 39.6 Å². The topological polar surface area (TPSA) is 93.0 Å². The van der Waals surface area contributed by atoms with Crippen molar-refractivity contribution in [1.29, 1.82) is 5.26 Å². The van der Waals surface area contributed by atoms with E-state index in [9.17, 15) is 15.2 Å². The van der Waals surface area contributed by atoms with Gasteiger partial charge in [-0.1, -0.05) is 25.5 Å². The number of piperidine rings is 1. The number of aliphatic hydroxyl groups is 1. The molecule has 1 unspecified atom stereocenters. The number of nitriles is 1. The number of rotatable bonds is 4. The summed E-state index contributed by atoms with van der Waals surface area (Å²) in [5.41, 5.74) is 0.220. The Morgan fingerprint density at radius 2 is 2.28 bits per heavy atom. The van der Waals surface area contributed by atoms with Gasteiger partial charge in [-0.25, -0.2) is 4.98 Å². The van der Waals surface area contributed by atoms with E-state index in [0.29, 0.717) is 23.4 Å². The molecule has 1 aromatic carbocycles. The second-order valence-electron chi connectivity index (χ2n) is 6.52. The van der Waals surface area contributed by atoms with Crippen molar-refractivity contribution in [1.82, 2.24) is 14.9 Å². The fraction of sp³-hybridized carbons (Fsp3) is 0.421. The van der Waals surface area contributed by atoms with E-state index in [4.69, 9.17) is 0 Å². The van der Waals surface area contributed by atoms with Crippen LogP contribution in [0, 0.1) is 17.2 Å². The summed E-state index contributed by atoms with van der Waals surface area (Å²) in [6.07, 6.45) is 3.42. The minimum absolute atomic E-state index is 0.0291. The molecule has 0 amide bonds. The van der Waals surface area contributed by atoms with E-state index in [2.05, 4.69) is 21.8 Å². The minimum Gasteiger partial charge on any atom is -0.509 e. The van der Waals surface area contributed by atoms with Crippen LogP contribution in [0.2, 0.25) is 0 Å². The molecule has 6 heteroatoms. The predicted molar refractivity (Wildman–Crippen MR) is 97.0 cm³/mol. The quantitative estimate of drug-likeness (QED) is 0.660. The molecule has 2 N–H and O–H groups in total. The maximum atomic E-state index is 12.2. The molecule has 130 valence electrons. The highest BCUT2D eigenvalue weighted by atomic mass is 16.3. The lowest BCUT2D eigenvalue weighted by atomic mass is 9.95. The molecule has 0 aliphatic carbocycles. The molecule has 25 heavy (non-hydrogen) atoms. The highest BCUT2D eigenvalue weighted by Gasteiger charge is 2.21. The Bertz CT molecular complexity index is 894. The van der Waals surface area contributed by atoms with Crippen LogP contribution in [0.25, 0.3) is 16.5 Å². The van der Waals surface area contributed by atoms with Crippen molar-refractivity contribution in [3.8, 4) is 6.07 Å². The average molecular weight is 338 g/mol. The molecule has 0 radical (unpaired) electrons. The summed E-state index contributed by atoms with van der Waals surface area (Å²) in [5, 5.41) is 20.4. The van der Waals surface area contributed by atoms with E-state index in [1.54, 1.807) is 24.3 Å². The van der Waals surface area contributed by atoms with Gasteiger partial charge >= 0.3 is 0 Å². The molecule has 0 spiro atoms. The number of H-pyrrole nitrogens is 1. The highest BCUT2D eigenvalue weighted by molar-refractivity contribution is 5.81. The molecule has 1 fully saturated rings. The molecular weight excluding hydrogens is 316 g/mol. The zero-order valence-corrected chi connectivity index (χ0v) is 14.3. The summed E-state index contributed by atoms with van der Waals surface area (Å²) >= 11 is 0. The Morgan fingerprint density at radius 3 is 3.04 bits per heavy atom. The number of benzene rings is 1. The number of para-hydroxylation sites is 1. The van der Waals surface area contributed by atoms with Gasteiger partial charge in [0.25, 0.3) is 5.56 Å². The van der Waals surface area contributed by atoms with Gasteiger partial charge < -0.3 is 10.1 Å². The first-order valence-corrected chi connectivity index (χ1v) is 8.66. The van der Waals surface area contributed by atoms with Gasteiger partial charge in [0.2, 0.25) is 0 Å². The van der Waals surface area contributed by atoms with Crippen molar-refractivity contribution >= 4 is 16.5 Å². The Labute approximate surface area is 146 Å². The number of nitrogens with one attached hydrogen (secondary N) is 1. The Hall–Kier alpha value is -2.65. The van der Waals surface area contributed by atoms with Crippen LogP contribution in [0.15, 0.2) is 34.8 Å². The monoisotopic (exact) mass is 338 g/mol. The summed E-state index contributed by atoms with van der Waals surface area (Å²) in [4.78, 5) is 21.3. The maximum absolute atomic E-state index is 12.2. The van der Waals surface area contributed by atoms with E-state index in [0.717, 1.165) is 25.9 Å². The van der Waals surface area contributed by atoms with Crippen LogP contribution in [0.4, 0.5) is 0 Å². The van der Waals surface area contributed by atoms with Crippen molar-refractivity contribution in [3.63, 3.8) is 0 Å². The van der Waals surface area contributed by atoms with Gasteiger partial charge in [0.1, 0.15) is 17.4 Å². The van der Waals surface area contributed by atoms with Crippen molar-refractivity contribution in [2.45, 2.75) is 26.2 Å². The number of hydrogen-bond acceptors (Lipinski definition) is 5. The molecule has 1 saturated heterocycles.